The van der Waals surface area contributed by atoms with E-state index in [9.17, 15) is 30.0 Å². The van der Waals surface area contributed by atoms with Crippen LogP contribution in [0.2, 0.25) is 0 Å². The molecule has 9 nitrogen and oxygen atoms in total. The molecule has 1 rings (SSSR count). The summed E-state index contributed by atoms with van der Waals surface area (Å²) >= 11 is 1.10. The molecule has 7 N–H and O–H groups in total. The average molecular weight is 408 g/mol. The van der Waals surface area contributed by atoms with Gasteiger partial charge in [0.1, 0.15) is 6.10 Å². The number of hydrogen-bond acceptors (Lipinski definition) is 7. The third-order valence-corrected chi connectivity index (χ3v) is 5.72. The fraction of sp³-hybridized carbons (Fsp3) is 0.882. The highest BCUT2D eigenvalue weighted by Crippen LogP contribution is 2.34. The molecule has 3 amide bonds. The maximum atomic E-state index is 12.1. The third kappa shape index (κ3) is 8.22. The standard InChI is InChI=1S/C17H33N3O6S/c1-9(19-16(26)20-17(2,3)4)5-6-18-12(22)7-10-13(23)15(25)14(24)11(8-21)27-10/h9-11,13-15,21,23-25H,5-8H2,1-4H3,(H,18,22)(H2,19,20,26)/t9?,10-,11+,13+,14+,15-/m1/s1. The molecule has 0 radical (unpaired) electrons. The van der Waals surface area contributed by atoms with Gasteiger partial charge in [-0.1, -0.05) is 0 Å². The van der Waals surface area contributed by atoms with Crippen LogP contribution in [0.5, 0.6) is 0 Å². The summed E-state index contributed by atoms with van der Waals surface area (Å²) in [7, 11) is 0. The van der Waals surface area contributed by atoms with E-state index in [0.717, 1.165) is 11.8 Å². The van der Waals surface area contributed by atoms with Crippen LogP contribution in [-0.4, -0.2) is 85.9 Å². The van der Waals surface area contributed by atoms with Gasteiger partial charge >= 0.3 is 6.03 Å². The SMILES string of the molecule is CC(CCNC(=O)C[C@H]1S[C@@H](CO)[C@H](O)[C@H](O)[C@H]1O)NC(=O)NC(C)(C)C. The van der Waals surface area contributed by atoms with Crippen molar-refractivity contribution in [2.24, 2.45) is 0 Å². The van der Waals surface area contributed by atoms with Gasteiger partial charge in [0.05, 0.1) is 24.1 Å². The second kappa shape index (κ2) is 10.5. The molecule has 1 fully saturated rings. The number of hydrogen-bond donors (Lipinski definition) is 7. The summed E-state index contributed by atoms with van der Waals surface area (Å²) in [5, 5.41) is 45.9. The van der Waals surface area contributed by atoms with E-state index in [1.54, 1.807) is 0 Å². The first-order valence-electron chi connectivity index (χ1n) is 9.10. The van der Waals surface area contributed by atoms with E-state index in [2.05, 4.69) is 16.0 Å². The molecule has 0 aromatic rings. The Morgan fingerprint density at radius 3 is 2.22 bits per heavy atom. The van der Waals surface area contributed by atoms with Crippen LogP contribution >= 0.6 is 11.8 Å². The van der Waals surface area contributed by atoms with E-state index in [0.29, 0.717) is 13.0 Å². The van der Waals surface area contributed by atoms with Crippen LogP contribution in [0, 0.1) is 0 Å². The maximum Gasteiger partial charge on any atom is 0.315 e. The molecule has 0 aromatic carbocycles. The average Bonchev–Trinajstić information content (AvgIpc) is 2.53. The fourth-order valence-electron chi connectivity index (χ4n) is 2.70. The molecule has 1 aliphatic heterocycles. The summed E-state index contributed by atoms with van der Waals surface area (Å²) in [5.74, 6) is -0.307. The first-order chi connectivity index (χ1) is 12.4. The van der Waals surface area contributed by atoms with Gasteiger partial charge in [0.15, 0.2) is 0 Å². The molecular weight excluding hydrogens is 374 g/mol. The first-order valence-corrected chi connectivity index (χ1v) is 10.0. The van der Waals surface area contributed by atoms with Crippen LogP contribution in [0.3, 0.4) is 0 Å². The summed E-state index contributed by atoms with van der Waals surface area (Å²) < 4.78 is 0. The Bertz CT molecular complexity index is 500. The lowest BCUT2D eigenvalue weighted by Crippen LogP contribution is -2.54. The Labute approximate surface area is 164 Å². The molecular formula is C17H33N3O6S. The van der Waals surface area contributed by atoms with Crippen molar-refractivity contribution in [3.8, 4) is 0 Å². The van der Waals surface area contributed by atoms with Crippen molar-refractivity contribution in [2.75, 3.05) is 13.2 Å². The molecule has 27 heavy (non-hydrogen) atoms. The minimum Gasteiger partial charge on any atom is -0.395 e. The molecule has 0 spiro atoms. The number of carbonyl (C=O) groups excluding carboxylic acids is 2. The Balaban J connectivity index is 2.35. The minimum absolute atomic E-state index is 0.0432. The molecule has 0 aliphatic carbocycles. The Hall–Kier alpha value is -1.07. The summed E-state index contributed by atoms with van der Waals surface area (Å²) in [6, 6.07) is -0.413. The molecule has 1 saturated heterocycles. The van der Waals surface area contributed by atoms with Gasteiger partial charge in [-0.25, -0.2) is 4.79 Å². The number of carbonyl (C=O) groups is 2. The molecule has 1 unspecified atom stereocenters. The molecule has 158 valence electrons. The number of urea groups is 1. The van der Waals surface area contributed by atoms with Crippen LogP contribution < -0.4 is 16.0 Å². The first kappa shape index (κ1) is 24.0. The number of thioether (sulfide) groups is 1. The zero-order chi connectivity index (χ0) is 20.8. The highest BCUT2D eigenvalue weighted by Gasteiger charge is 2.43. The summed E-state index contributed by atoms with van der Waals surface area (Å²) in [5.41, 5.74) is -0.332. The molecule has 6 atom stereocenters. The van der Waals surface area contributed by atoms with E-state index >= 15 is 0 Å². The largest absolute Gasteiger partial charge is 0.395 e. The highest BCUT2D eigenvalue weighted by atomic mass is 32.2. The van der Waals surface area contributed by atoms with Gasteiger partial charge in [-0.15, -0.1) is 11.8 Å². The van der Waals surface area contributed by atoms with E-state index in [1.807, 2.05) is 27.7 Å². The van der Waals surface area contributed by atoms with Crippen molar-refractivity contribution < 1.29 is 30.0 Å². The summed E-state index contributed by atoms with van der Waals surface area (Å²) in [4.78, 5) is 23.9. The molecule has 10 heteroatoms. The minimum atomic E-state index is -1.40. The Morgan fingerprint density at radius 1 is 1.07 bits per heavy atom. The predicted octanol–water partition coefficient (Wildman–Crippen LogP) is -1.07. The van der Waals surface area contributed by atoms with E-state index in [1.165, 1.54) is 0 Å². The lowest BCUT2D eigenvalue weighted by molar-refractivity contribution is -0.122. The van der Waals surface area contributed by atoms with Crippen molar-refractivity contribution in [3.63, 3.8) is 0 Å². The predicted molar refractivity (Wildman–Crippen MR) is 103 cm³/mol. The normalized spacial score (nSPS) is 29.7. The van der Waals surface area contributed by atoms with Gasteiger partial charge in [-0.3, -0.25) is 4.79 Å². The van der Waals surface area contributed by atoms with Gasteiger partial charge in [0.2, 0.25) is 5.91 Å². The van der Waals surface area contributed by atoms with Gasteiger partial charge in [0, 0.05) is 29.8 Å². The molecule has 0 aromatic heterocycles. The van der Waals surface area contributed by atoms with Gasteiger partial charge < -0.3 is 36.4 Å². The molecule has 1 aliphatic rings. The van der Waals surface area contributed by atoms with Gasteiger partial charge in [0.25, 0.3) is 0 Å². The highest BCUT2D eigenvalue weighted by molar-refractivity contribution is 8.00. The number of aliphatic hydroxyl groups excluding tert-OH is 4. The lowest BCUT2D eigenvalue weighted by atomic mass is 9.99. The monoisotopic (exact) mass is 407 g/mol. The Morgan fingerprint density at radius 2 is 1.67 bits per heavy atom. The lowest BCUT2D eigenvalue weighted by Gasteiger charge is -2.39. The third-order valence-electron chi connectivity index (χ3n) is 4.14. The zero-order valence-corrected chi connectivity index (χ0v) is 17.1. The van der Waals surface area contributed by atoms with Crippen molar-refractivity contribution in [2.45, 2.75) is 80.9 Å². The number of amides is 3. The van der Waals surface area contributed by atoms with Crippen LogP contribution in [0.4, 0.5) is 4.79 Å². The van der Waals surface area contributed by atoms with Crippen LogP contribution in [-0.2, 0) is 4.79 Å². The fourth-order valence-corrected chi connectivity index (χ4v) is 4.13. The number of nitrogens with one attached hydrogen (secondary N) is 3. The summed E-state index contributed by atoms with van der Waals surface area (Å²) in [6.45, 7) is 7.47. The number of rotatable bonds is 7. The van der Waals surface area contributed by atoms with Crippen molar-refractivity contribution in [1.29, 1.82) is 0 Å². The molecule has 0 bridgehead atoms. The second-order valence-electron chi connectivity index (χ2n) is 7.96. The molecule has 1 heterocycles. The summed E-state index contributed by atoms with van der Waals surface area (Å²) in [6.07, 6.45) is -3.39. The van der Waals surface area contributed by atoms with Crippen molar-refractivity contribution in [1.82, 2.24) is 16.0 Å². The van der Waals surface area contributed by atoms with Crippen LogP contribution in [0.1, 0.15) is 40.5 Å². The van der Waals surface area contributed by atoms with Gasteiger partial charge in [-0.2, -0.15) is 0 Å². The van der Waals surface area contributed by atoms with E-state index in [4.69, 9.17) is 0 Å². The maximum absolute atomic E-state index is 12.1. The topological polar surface area (TPSA) is 151 Å². The zero-order valence-electron chi connectivity index (χ0n) is 16.3. The van der Waals surface area contributed by atoms with Crippen LogP contribution in [0.25, 0.3) is 0 Å². The smallest absolute Gasteiger partial charge is 0.315 e. The number of aliphatic hydroxyl groups is 4. The Kier molecular flexibility index (Phi) is 9.29. The van der Waals surface area contributed by atoms with Crippen LogP contribution in [0.15, 0.2) is 0 Å². The van der Waals surface area contributed by atoms with E-state index < -0.39 is 28.8 Å². The van der Waals surface area contributed by atoms with Crippen molar-refractivity contribution in [3.05, 3.63) is 0 Å². The quantitative estimate of drug-likeness (QED) is 0.284. The van der Waals surface area contributed by atoms with Crippen molar-refractivity contribution >= 4 is 23.7 Å². The molecule has 0 saturated carbocycles. The second-order valence-corrected chi connectivity index (χ2v) is 9.44. The van der Waals surface area contributed by atoms with E-state index in [-0.39, 0.29) is 36.5 Å². The van der Waals surface area contributed by atoms with Gasteiger partial charge in [-0.05, 0) is 34.1 Å².